The number of anilines is 2. The van der Waals surface area contributed by atoms with Gasteiger partial charge in [0.05, 0.1) is 5.92 Å². The first kappa shape index (κ1) is 18.2. The second-order valence-corrected chi connectivity index (χ2v) is 6.87. The summed E-state index contributed by atoms with van der Waals surface area (Å²) in [4.78, 5) is 24.2. The fourth-order valence-corrected chi connectivity index (χ4v) is 1.64. The van der Waals surface area contributed by atoms with Gasteiger partial charge in [0.15, 0.2) is 0 Å². The van der Waals surface area contributed by atoms with E-state index < -0.39 is 5.41 Å². The number of rotatable bonds is 4. The molecule has 0 spiro atoms. The first-order valence-corrected chi connectivity index (χ1v) is 7.51. The molecule has 0 bridgehead atoms. The fourth-order valence-electron chi connectivity index (χ4n) is 1.64. The molecule has 0 saturated carbocycles. The first-order valence-electron chi connectivity index (χ1n) is 7.51. The number of hydrogen-bond donors (Lipinski definition) is 3. The van der Waals surface area contributed by atoms with Gasteiger partial charge in [0.25, 0.3) is 0 Å². The minimum absolute atomic E-state index is 0.0666. The van der Waals surface area contributed by atoms with Gasteiger partial charge in [-0.1, -0.05) is 33.8 Å². The van der Waals surface area contributed by atoms with E-state index in [0.717, 1.165) is 5.56 Å². The lowest BCUT2D eigenvalue weighted by Gasteiger charge is -2.20. The second-order valence-electron chi connectivity index (χ2n) is 6.87. The van der Waals surface area contributed by atoms with E-state index in [9.17, 15) is 9.59 Å². The van der Waals surface area contributed by atoms with Crippen molar-refractivity contribution < 1.29 is 9.59 Å². The van der Waals surface area contributed by atoms with E-state index in [1.54, 1.807) is 19.9 Å². The molecule has 0 aromatic heterocycles. The third-order valence-electron chi connectivity index (χ3n) is 3.64. The molecule has 0 heterocycles. The molecular weight excluding hydrogens is 278 g/mol. The van der Waals surface area contributed by atoms with Crippen molar-refractivity contribution >= 4 is 23.2 Å². The Balaban J connectivity index is 2.91. The number of aryl methyl sites for hydroxylation is 1. The Labute approximate surface area is 132 Å². The van der Waals surface area contributed by atoms with Gasteiger partial charge < -0.3 is 16.4 Å². The Morgan fingerprint density at radius 1 is 1.14 bits per heavy atom. The Morgan fingerprint density at radius 3 is 2.23 bits per heavy atom. The number of carbonyl (C=O) groups excluding carboxylic acids is 2. The summed E-state index contributed by atoms with van der Waals surface area (Å²) in [6.07, 6.45) is 0. The monoisotopic (exact) mass is 305 g/mol. The summed E-state index contributed by atoms with van der Waals surface area (Å²) in [5.41, 5.74) is 7.55. The van der Waals surface area contributed by atoms with Crippen LogP contribution < -0.4 is 16.4 Å². The molecule has 0 aliphatic rings. The van der Waals surface area contributed by atoms with Crippen molar-refractivity contribution in [2.45, 2.75) is 47.6 Å². The highest BCUT2D eigenvalue weighted by Gasteiger charge is 2.22. The van der Waals surface area contributed by atoms with Gasteiger partial charge in [-0.05, 0) is 31.5 Å². The molecule has 22 heavy (non-hydrogen) atoms. The lowest BCUT2D eigenvalue weighted by Crippen LogP contribution is -2.34. The van der Waals surface area contributed by atoms with Crippen molar-refractivity contribution in [2.75, 3.05) is 10.6 Å². The van der Waals surface area contributed by atoms with E-state index in [1.165, 1.54) is 0 Å². The third-order valence-corrected chi connectivity index (χ3v) is 3.64. The summed E-state index contributed by atoms with van der Waals surface area (Å²) in [6, 6.07) is 5.23. The van der Waals surface area contributed by atoms with Crippen LogP contribution in [0.1, 0.15) is 40.2 Å². The highest BCUT2D eigenvalue weighted by molar-refractivity contribution is 5.97. The average Bonchev–Trinajstić information content (AvgIpc) is 2.40. The number of benzene rings is 1. The van der Waals surface area contributed by atoms with Crippen molar-refractivity contribution in [3.8, 4) is 0 Å². The standard InChI is InChI=1S/C17H27N3O2/c1-10-7-8-13(19-15(21)11(2)12(3)18)9-14(10)20-16(22)17(4,5)6/h7-9,11-12H,18H2,1-6H3,(H,19,21)(H,20,22). The van der Waals surface area contributed by atoms with Crippen LogP contribution in [0.25, 0.3) is 0 Å². The largest absolute Gasteiger partial charge is 0.327 e. The molecule has 2 amide bonds. The molecule has 5 nitrogen and oxygen atoms in total. The van der Waals surface area contributed by atoms with Crippen molar-refractivity contribution in [2.24, 2.45) is 17.1 Å². The van der Waals surface area contributed by atoms with Crippen LogP contribution in [0.15, 0.2) is 18.2 Å². The van der Waals surface area contributed by atoms with Crippen LogP contribution in [0, 0.1) is 18.3 Å². The summed E-state index contributed by atoms with van der Waals surface area (Å²) in [7, 11) is 0. The van der Waals surface area contributed by atoms with Crippen molar-refractivity contribution in [3.05, 3.63) is 23.8 Å². The number of amides is 2. The van der Waals surface area contributed by atoms with Crippen molar-refractivity contribution in [3.63, 3.8) is 0 Å². The third kappa shape index (κ3) is 4.84. The summed E-state index contributed by atoms with van der Waals surface area (Å²) >= 11 is 0. The number of hydrogen-bond acceptors (Lipinski definition) is 3. The maximum Gasteiger partial charge on any atom is 0.229 e. The normalized spacial score (nSPS) is 14.1. The van der Waals surface area contributed by atoms with E-state index in [-0.39, 0.29) is 23.8 Å². The molecule has 1 aromatic rings. The highest BCUT2D eigenvalue weighted by atomic mass is 16.2. The van der Waals surface area contributed by atoms with Gasteiger partial charge in [-0.25, -0.2) is 0 Å². The Bertz CT molecular complexity index is 560. The zero-order chi connectivity index (χ0) is 17.1. The van der Waals surface area contributed by atoms with E-state index in [1.807, 2.05) is 39.8 Å². The highest BCUT2D eigenvalue weighted by Crippen LogP contribution is 2.24. The van der Waals surface area contributed by atoms with E-state index in [0.29, 0.717) is 11.4 Å². The molecule has 122 valence electrons. The molecule has 5 heteroatoms. The molecule has 0 aliphatic carbocycles. The maximum atomic E-state index is 12.1. The minimum atomic E-state index is -0.477. The maximum absolute atomic E-state index is 12.1. The predicted molar refractivity (Wildman–Crippen MR) is 90.7 cm³/mol. The van der Waals surface area contributed by atoms with E-state index in [2.05, 4.69) is 10.6 Å². The summed E-state index contributed by atoms with van der Waals surface area (Å²) in [6.45, 7) is 11.1. The van der Waals surface area contributed by atoms with Crippen LogP contribution in [0.3, 0.4) is 0 Å². The van der Waals surface area contributed by atoms with Crippen molar-refractivity contribution in [1.82, 2.24) is 0 Å². The lowest BCUT2D eigenvalue weighted by molar-refractivity contribution is -0.123. The second kappa shape index (κ2) is 6.92. The lowest BCUT2D eigenvalue weighted by atomic mass is 9.95. The molecule has 0 fully saturated rings. The molecule has 2 unspecified atom stereocenters. The van der Waals surface area contributed by atoms with Gasteiger partial charge in [0.2, 0.25) is 11.8 Å². The van der Waals surface area contributed by atoms with Crippen LogP contribution in [-0.2, 0) is 9.59 Å². The summed E-state index contributed by atoms with van der Waals surface area (Å²) < 4.78 is 0. The smallest absolute Gasteiger partial charge is 0.229 e. The van der Waals surface area contributed by atoms with Gasteiger partial charge in [0, 0.05) is 22.8 Å². The predicted octanol–water partition coefficient (Wildman–Crippen LogP) is 2.90. The van der Waals surface area contributed by atoms with Crippen LogP contribution in [0.2, 0.25) is 0 Å². The Hall–Kier alpha value is -1.88. The average molecular weight is 305 g/mol. The van der Waals surface area contributed by atoms with E-state index >= 15 is 0 Å². The molecule has 0 saturated heterocycles. The molecule has 1 rings (SSSR count). The topological polar surface area (TPSA) is 84.2 Å². The van der Waals surface area contributed by atoms with Crippen LogP contribution in [-0.4, -0.2) is 17.9 Å². The van der Waals surface area contributed by atoms with Gasteiger partial charge >= 0.3 is 0 Å². The first-order chi connectivity index (χ1) is 10.0. The number of carbonyl (C=O) groups is 2. The zero-order valence-corrected chi connectivity index (χ0v) is 14.3. The molecule has 0 radical (unpaired) electrons. The molecule has 0 aliphatic heterocycles. The summed E-state index contributed by atoms with van der Waals surface area (Å²) in [5, 5.41) is 5.73. The van der Waals surface area contributed by atoms with Gasteiger partial charge in [-0.2, -0.15) is 0 Å². The van der Waals surface area contributed by atoms with Crippen LogP contribution in [0.5, 0.6) is 0 Å². The Kier molecular flexibility index (Phi) is 5.72. The molecule has 1 aromatic carbocycles. The van der Waals surface area contributed by atoms with Crippen molar-refractivity contribution in [1.29, 1.82) is 0 Å². The SMILES string of the molecule is Cc1ccc(NC(=O)C(C)C(C)N)cc1NC(=O)C(C)(C)C. The van der Waals surface area contributed by atoms with Gasteiger partial charge in [-0.3, -0.25) is 9.59 Å². The molecular formula is C17H27N3O2. The van der Waals surface area contributed by atoms with Gasteiger partial charge in [0.1, 0.15) is 0 Å². The molecule has 2 atom stereocenters. The van der Waals surface area contributed by atoms with Crippen LogP contribution >= 0.6 is 0 Å². The van der Waals surface area contributed by atoms with Crippen LogP contribution in [0.4, 0.5) is 11.4 Å². The minimum Gasteiger partial charge on any atom is -0.327 e. The fraction of sp³-hybridized carbons (Fsp3) is 0.529. The summed E-state index contributed by atoms with van der Waals surface area (Å²) in [5.74, 6) is -0.483. The number of nitrogens with two attached hydrogens (primary N) is 1. The molecule has 4 N–H and O–H groups in total. The Morgan fingerprint density at radius 2 is 1.73 bits per heavy atom. The zero-order valence-electron chi connectivity index (χ0n) is 14.3. The van der Waals surface area contributed by atoms with Gasteiger partial charge in [-0.15, -0.1) is 0 Å². The van der Waals surface area contributed by atoms with E-state index in [4.69, 9.17) is 5.73 Å². The quantitative estimate of drug-likeness (QED) is 0.799. The number of nitrogens with one attached hydrogen (secondary N) is 2.